The summed E-state index contributed by atoms with van der Waals surface area (Å²) in [6.07, 6.45) is 1.15. The van der Waals surface area contributed by atoms with E-state index in [1.54, 1.807) is 7.11 Å². The summed E-state index contributed by atoms with van der Waals surface area (Å²) in [6, 6.07) is 4.49. The van der Waals surface area contributed by atoms with Crippen molar-refractivity contribution in [3.63, 3.8) is 0 Å². The molecule has 0 spiro atoms. The fourth-order valence-electron chi connectivity index (χ4n) is 2.38. The van der Waals surface area contributed by atoms with E-state index in [-0.39, 0.29) is 0 Å². The van der Waals surface area contributed by atoms with Gasteiger partial charge in [-0.15, -0.1) is 0 Å². The molecule has 2 rings (SSSR count). The van der Waals surface area contributed by atoms with Crippen LogP contribution in [0.25, 0.3) is 0 Å². The average Bonchev–Trinajstić information content (AvgIpc) is 2.63. The average molecular weight is 240 g/mol. The lowest BCUT2D eigenvalue weighted by Gasteiger charge is -2.17. The van der Waals surface area contributed by atoms with Crippen LogP contribution in [0.5, 0.6) is 5.75 Å². The lowest BCUT2D eigenvalue weighted by Crippen LogP contribution is -2.14. The quantitative estimate of drug-likeness (QED) is 0.855. The van der Waals surface area contributed by atoms with Gasteiger partial charge in [-0.25, -0.2) is 0 Å². The fourth-order valence-corrected chi connectivity index (χ4v) is 2.74. The summed E-state index contributed by atoms with van der Waals surface area (Å²) in [5, 5.41) is 4.22. The molecule has 0 saturated carbocycles. The molecule has 2 nitrogen and oxygen atoms in total. The van der Waals surface area contributed by atoms with Crippen molar-refractivity contribution >= 4 is 11.6 Å². The van der Waals surface area contributed by atoms with E-state index in [1.165, 1.54) is 11.1 Å². The molecule has 0 aliphatic carbocycles. The Morgan fingerprint density at radius 3 is 2.75 bits per heavy atom. The largest absolute Gasteiger partial charge is 0.495 e. The Balaban J connectivity index is 2.38. The number of benzene rings is 1. The predicted molar refractivity (Wildman–Crippen MR) is 67.3 cm³/mol. The van der Waals surface area contributed by atoms with Crippen LogP contribution in [0, 0.1) is 12.8 Å². The van der Waals surface area contributed by atoms with Gasteiger partial charge in [0.15, 0.2) is 0 Å². The fraction of sp³-hybridized carbons (Fsp3) is 0.538. The smallest absolute Gasteiger partial charge is 0.142 e. The van der Waals surface area contributed by atoms with Gasteiger partial charge in [0, 0.05) is 11.6 Å². The Kier molecular flexibility index (Phi) is 3.41. The molecule has 1 aliphatic rings. The van der Waals surface area contributed by atoms with Gasteiger partial charge < -0.3 is 10.1 Å². The van der Waals surface area contributed by atoms with Gasteiger partial charge >= 0.3 is 0 Å². The molecule has 1 heterocycles. The second-order valence-electron chi connectivity index (χ2n) is 4.67. The van der Waals surface area contributed by atoms with Gasteiger partial charge in [-0.2, -0.15) is 0 Å². The summed E-state index contributed by atoms with van der Waals surface area (Å²) < 4.78 is 5.41. The molecule has 1 aromatic rings. The van der Waals surface area contributed by atoms with Gasteiger partial charge in [-0.3, -0.25) is 0 Å². The van der Waals surface area contributed by atoms with E-state index in [2.05, 4.69) is 25.2 Å². The maximum absolute atomic E-state index is 6.20. The highest BCUT2D eigenvalue weighted by Crippen LogP contribution is 2.38. The van der Waals surface area contributed by atoms with Crippen LogP contribution in [-0.4, -0.2) is 13.7 Å². The van der Waals surface area contributed by atoms with E-state index in [4.69, 9.17) is 16.3 Å². The van der Waals surface area contributed by atoms with Crippen LogP contribution in [0.15, 0.2) is 12.1 Å². The Labute approximate surface area is 102 Å². The monoisotopic (exact) mass is 239 g/mol. The molecule has 16 heavy (non-hydrogen) atoms. The molecular formula is C13H18ClNO. The van der Waals surface area contributed by atoms with Crippen molar-refractivity contribution in [3.8, 4) is 5.75 Å². The molecule has 88 valence electrons. The van der Waals surface area contributed by atoms with Gasteiger partial charge in [0.05, 0.1) is 12.1 Å². The molecule has 0 aromatic heterocycles. The van der Waals surface area contributed by atoms with Gasteiger partial charge in [0.2, 0.25) is 0 Å². The minimum atomic E-state index is 0.377. The van der Waals surface area contributed by atoms with Crippen LogP contribution in [-0.2, 0) is 0 Å². The van der Waals surface area contributed by atoms with Crippen molar-refractivity contribution in [1.82, 2.24) is 5.32 Å². The molecule has 0 radical (unpaired) electrons. The summed E-state index contributed by atoms with van der Waals surface area (Å²) in [7, 11) is 1.68. The van der Waals surface area contributed by atoms with E-state index in [1.807, 2.05) is 6.07 Å². The molecule has 1 aromatic carbocycles. The number of hydrogen-bond acceptors (Lipinski definition) is 2. The first kappa shape index (κ1) is 11.7. The van der Waals surface area contributed by atoms with Gasteiger partial charge in [-0.1, -0.05) is 24.6 Å². The highest BCUT2D eigenvalue weighted by molar-refractivity contribution is 6.32. The molecule has 1 N–H and O–H groups in total. The SMILES string of the molecule is COc1c(Cl)cc(C)cc1[C@@H]1C[C@@H](C)CN1. The molecule has 0 unspecified atom stereocenters. The van der Waals surface area contributed by atoms with Crippen LogP contribution in [0.1, 0.15) is 30.5 Å². The van der Waals surface area contributed by atoms with E-state index in [0.717, 1.165) is 18.7 Å². The van der Waals surface area contributed by atoms with Crippen LogP contribution < -0.4 is 10.1 Å². The van der Waals surface area contributed by atoms with Gasteiger partial charge in [-0.05, 0) is 37.4 Å². The first-order valence-corrected chi connectivity index (χ1v) is 6.07. The Morgan fingerprint density at radius 2 is 2.19 bits per heavy atom. The minimum Gasteiger partial charge on any atom is -0.495 e. The summed E-state index contributed by atoms with van der Waals surface area (Å²) in [5.74, 6) is 1.54. The second-order valence-corrected chi connectivity index (χ2v) is 5.08. The number of aryl methyl sites for hydroxylation is 1. The number of hydrogen-bond donors (Lipinski definition) is 1. The Bertz CT molecular complexity index is 392. The second kappa shape index (κ2) is 4.64. The minimum absolute atomic E-state index is 0.377. The van der Waals surface area contributed by atoms with Crippen LogP contribution in [0.2, 0.25) is 5.02 Å². The normalized spacial score (nSPS) is 24.8. The summed E-state index contributed by atoms with van der Waals surface area (Å²) in [6.45, 7) is 5.39. The molecule has 3 heteroatoms. The van der Waals surface area contributed by atoms with E-state index >= 15 is 0 Å². The number of methoxy groups -OCH3 is 1. The maximum Gasteiger partial charge on any atom is 0.142 e. The third-order valence-corrected chi connectivity index (χ3v) is 3.43. The third kappa shape index (κ3) is 2.18. The van der Waals surface area contributed by atoms with Crippen LogP contribution in [0.4, 0.5) is 0 Å². The Hall–Kier alpha value is -0.730. The van der Waals surface area contributed by atoms with Crippen molar-refractivity contribution in [2.45, 2.75) is 26.3 Å². The van der Waals surface area contributed by atoms with Crippen molar-refractivity contribution in [3.05, 3.63) is 28.3 Å². The number of halogens is 1. The molecule has 1 fully saturated rings. The van der Waals surface area contributed by atoms with Crippen molar-refractivity contribution < 1.29 is 4.74 Å². The molecule has 2 atom stereocenters. The zero-order valence-corrected chi connectivity index (χ0v) is 10.8. The van der Waals surface area contributed by atoms with Crippen molar-refractivity contribution in [1.29, 1.82) is 0 Å². The standard InChI is InChI=1S/C13H18ClNO/c1-8-4-10(12-6-9(2)7-15-12)13(16-3)11(14)5-8/h4-5,9,12,15H,6-7H2,1-3H3/t9-,12+/m1/s1. The highest BCUT2D eigenvalue weighted by atomic mass is 35.5. The third-order valence-electron chi connectivity index (χ3n) is 3.15. The molecular weight excluding hydrogens is 222 g/mol. The maximum atomic E-state index is 6.20. The highest BCUT2D eigenvalue weighted by Gasteiger charge is 2.25. The molecule has 0 amide bonds. The molecule has 0 bridgehead atoms. The first-order valence-electron chi connectivity index (χ1n) is 5.69. The van der Waals surface area contributed by atoms with Crippen LogP contribution >= 0.6 is 11.6 Å². The lowest BCUT2D eigenvalue weighted by molar-refractivity contribution is 0.403. The lowest BCUT2D eigenvalue weighted by atomic mass is 9.99. The molecule has 1 aliphatic heterocycles. The van der Waals surface area contributed by atoms with Crippen LogP contribution in [0.3, 0.4) is 0 Å². The van der Waals surface area contributed by atoms with E-state index in [9.17, 15) is 0 Å². The van der Waals surface area contributed by atoms with Crippen molar-refractivity contribution in [2.24, 2.45) is 5.92 Å². The summed E-state index contributed by atoms with van der Waals surface area (Å²) in [4.78, 5) is 0. The first-order chi connectivity index (χ1) is 7.61. The Morgan fingerprint density at radius 1 is 1.44 bits per heavy atom. The van der Waals surface area contributed by atoms with E-state index < -0.39 is 0 Å². The zero-order valence-electron chi connectivity index (χ0n) is 10.0. The molecule has 1 saturated heterocycles. The zero-order chi connectivity index (χ0) is 11.7. The number of rotatable bonds is 2. The predicted octanol–water partition coefficient (Wildman–Crippen LogP) is 3.33. The van der Waals surface area contributed by atoms with Crippen molar-refractivity contribution in [2.75, 3.05) is 13.7 Å². The summed E-state index contributed by atoms with van der Waals surface area (Å²) in [5.41, 5.74) is 2.37. The number of nitrogens with one attached hydrogen (secondary N) is 1. The number of ether oxygens (including phenoxy) is 1. The summed E-state index contributed by atoms with van der Waals surface area (Å²) >= 11 is 6.20. The topological polar surface area (TPSA) is 21.3 Å². The van der Waals surface area contributed by atoms with Gasteiger partial charge in [0.25, 0.3) is 0 Å². The van der Waals surface area contributed by atoms with Gasteiger partial charge in [0.1, 0.15) is 5.75 Å². The van der Waals surface area contributed by atoms with E-state index in [0.29, 0.717) is 17.0 Å².